The third kappa shape index (κ3) is 5.33. The molecule has 0 unspecified atom stereocenters. The first-order chi connectivity index (χ1) is 27.9. The van der Waals surface area contributed by atoms with Crippen molar-refractivity contribution in [1.82, 2.24) is 0 Å². The lowest BCUT2D eigenvalue weighted by Gasteiger charge is -2.23. The van der Waals surface area contributed by atoms with E-state index in [1.807, 2.05) is 0 Å². The van der Waals surface area contributed by atoms with Crippen LogP contribution >= 0.6 is 0 Å². The van der Waals surface area contributed by atoms with E-state index in [1.165, 1.54) is 0 Å². The van der Waals surface area contributed by atoms with Gasteiger partial charge in [0.2, 0.25) is 11.6 Å². The monoisotopic (exact) mass is 888 g/mol. The molecule has 7 rings (SSSR count). The minimum atomic E-state index is -4.35. The Bertz CT molecular complexity index is 2950. The van der Waals surface area contributed by atoms with Crippen LogP contribution in [0.4, 0.5) is 101 Å². The van der Waals surface area contributed by atoms with Gasteiger partial charge in [-0.05, 0) is 0 Å². The van der Waals surface area contributed by atoms with Gasteiger partial charge in [0.25, 0.3) is 0 Å². The van der Waals surface area contributed by atoms with Crippen LogP contribution in [0.2, 0.25) is 0 Å². The van der Waals surface area contributed by atoms with Crippen LogP contribution in [0.1, 0.15) is 0 Å². The molecule has 0 saturated heterocycles. The summed E-state index contributed by atoms with van der Waals surface area (Å²) in [6.45, 7) is 0. The lowest BCUT2D eigenvalue weighted by Crippen LogP contribution is -2.48. The molecule has 60 heavy (non-hydrogen) atoms. The van der Waals surface area contributed by atoms with Crippen LogP contribution in [0.15, 0.2) is 0 Å². The van der Waals surface area contributed by atoms with E-state index in [0.29, 0.717) is 0 Å². The molecular formula is C34BF23O2. The zero-order chi connectivity index (χ0) is 44.6. The molecule has 0 spiro atoms. The summed E-state index contributed by atoms with van der Waals surface area (Å²) in [4.78, 5) is 0. The van der Waals surface area contributed by atoms with Crippen molar-refractivity contribution >= 4 is 55.7 Å². The normalized spacial score (nSPS) is 11.9. The predicted octanol–water partition coefficient (Wildman–Crippen LogP) is 11.4. The first-order valence-electron chi connectivity index (χ1n) is 15.0. The molecule has 0 aromatic heterocycles. The highest BCUT2D eigenvalue weighted by atomic mass is 19.2. The maximum atomic E-state index is 16.0. The number of hydrogen-bond acceptors (Lipinski definition) is 2. The molecule has 26 heteroatoms. The van der Waals surface area contributed by atoms with E-state index < -0.39 is 201 Å². The predicted molar refractivity (Wildman–Crippen MR) is 155 cm³/mol. The summed E-state index contributed by atoms with van der Waals surface area (Å²) in [5.41, 5.74) is -2.89. The SMILES string of the molecule is Fc1c(F)c(F)c(B(Oc2c(F)c(F)c(F)c3c(F)c4c(F)c(F)c(F)c(F)c4c(F)c23)Oc2c(F)c(F)c(F)c3c(F)c4c(F)c(F)c(F)c(F)c4c(F)c23)c(F)c1F. The zero-order valence-corrected chi connectivity index (χ0v) is 27.1. The molecule has 0 radical (unpaired) electrons. The van der Waals surface area contributed by atoms with Gasteiger partial charge in [0.1, 0.15) is 23.3 Å². The quantitative estimate of drug-likeness (QED) is 0.0564. The smallest absolute Gasteiger partial charge is 0.519 e. The minimum Gasteiger partial charge on any atom is -0.519 e. The fraction of sp³-hybridized carbons (Fsp3) is 0. The Morgan fingerprint density at radius 2 is 0.367 bits per heavy atom. The number of rotatable bonds is 5. The Morgan fingerprint density at radius 3 is 0.633 bits per heavy atom. The van der Waals surface area contributed by atoms with Crippen molar-refractivity contribution in [3.63, 3.8) is 0 Å². The molecule has 0 fully saturated rings. The van der Waals surface area contributed by atoms with Crippen LogP contribution in [0.5, 0.6) is 11.5 Å². The van der Waals surface area contributed by atoms with Crippen LogP contribution in [0, 0.1) is 134 Å². The van der Waals surface area contributed by atoms with E-state index in [4.69, 9.17) is 0 Å². The Balaban J connectivity index is 1.65. The van der Waals surface area contributed by atoms with Crippen molar-refractivity contribution < 1.29 is 110 Å². The molecule has 0 aliphatic carbocycles. The van der Waals surface area contributed by atoms with Gasteiger partial charge in [-0.2, -0.15) is 8.78 Å². The van der Waals surface area contributed by atoms with Gasteiger partial charge in [-0.15, -0.1) is 0 Å². The molecule has 0 atom stereocenters. The molecule has 7 aromatic rings. The van der Waals surface area contributed by atoms with Gasteiger partial charge in [-0.25, -0.2) is 92.2 Å². The zero-order valence-electron chi connectivity index (χ0n) is 27.1. The molecule has 312 valence electrons. The molecule has 0 saturated carbocycles. The Kier molecular flexibility index (Phi) is 9.65. The number of fused-ring (bicyclic) bond motifs is 4. The van der Waals surface area contributed by atoms with Gasteiger partial charge < -0.3 is 9.31 Å². The molecule has 0 N–H and O–H groups in total. The second-order valence-corrected chi connectivity index (χ2v) is 11.9. The second kappa shape index (κ2) is 13.9. The Labute approximate surface area is 311 Å². The van der Waals surface area contributed by atoms with Crippen LogP contribution < -0.4 is 14.8 Å². The summed E-state index contributed by atoms with van der Waals surface area (Å²) in [5, 5.41) is -20.0. The summed E-state index contributed by atoms with van der Waals surface area (Å²) >= 11 is 0. The number of hydrogen-bond donors (Lipinski definition) is 0. The molecule has 0 heterocycles. The van der Waals surface area contributed by atoms with E-state index in [2.05, 4.69) is 9.31 Å². The summed E-state index contributed by atoms with van der Waals surface area (Å²) < 4.78 is 352. The summed E-state index contributed by atoms with van der Waals surface area (Å²) in [5.74, 6) is -75.8. The summed E-state index contributed by atoms with van der Waals surface area (Å²) in [6, 6.07) is 0. The maximum Gasteiger partial charge on any atom is 0.639 e. The molecule has 0 amide bonds. The fourth-order valence-electron chi connectivity index (χ4n) is 6.10. The fourth-order valence-corrected chi connectivity index (χ4v) is 6.10. The van der Waals surface area contributed by atoms with E-state index in [1.54, 1.807) is 0 Å². The van der Waals surface area contributed by atoms with E-state index >= 15 is 43.9 Å². The Hall–Kier alpha value is -6.37. The highest BCUT2D eigenvalue weighted by Gasteiger charge is 2.44. The molecule has 7 aromatic carbocycles. The van der Waals surface area contributed by atoms with Gasteiger partial charge in [-0.1, -0.05) is 0 Å². The summed E-state index contributed by atoms with van der Waals surface area (Å²) in [6.07, 6.45) is 0. The average molecular weight is 888 g/mol. The van der Waals surface area contributed by atoms with Crippen LogP contribution in [-0.4, -0.2) is 7.12 Å². The molecule has 2 nitrogen and oxygen atoms in total. The van der Waals surface area contributed by atoms with Crippen molar-refractivity contribution in [3.8, 4) is 11.5 Å². The topological polar surface area (TPSA) is 18.5 Å². The van der Waals surface area contributed by atoms with Crippen molar-refractivity contribution in [2.24, 2.45) is 0 Å². The molecule has 0 aliphatic heterocycles. The first kappa shape index (κ1) is 41.8. The molecule has 0 aliphatic rings. The van der Waals surface area contributed by atoms with Crippen LogP contribution in [-0.2, 0) is 0 Å². The van der Waals surface area contributed by atoms with Gasteiger partial charge in [0.05, 0.1) is 48.6 Å². The van der Waals surface area contributed by atoms with E-state index in [-0.39, 0.29) is 0 Å². The van der Waals surface area contributed by atoms with Crippen molar-refractivity contribution in [2.75, 3.05) is 0 Å². The molecular weight excluding hydrogens is 888 g/mol. The third-order valence-electron chi connectivity index (χ3n) is 8.78. The average Bonchev–Trinajstić information content (AvgIpc) is 3.21. The third-order valence-corrected chi connectivity index (χ3v) is 8.78. The first-order valence-corrected chi connectivity index (χ1v) is 15.0. The van der Waals surface area contributed by atoms with Gasteiger partial charge in [0, 0.05) is 0 Å². The minimum absolute atomic E-state index is 2.42. The molecule has 0 bridgehead atoms. The highest BCUT2D eigenvalue weighted by molar-refractivity contribution is 6.63. The van der Waals surface area contributed by atoms with Crippen LogP contribution in [0.25, 0.3) is 43.1 Å². The van der Waals surface area contributed by atoms with Gasteiger partial charge in [-0.3, -0.25) is 0 Å². The largest absolute Gasteiger partial charge is 0.639 e. The lowest BCUT2D eigenvalue weighted by molar-refractivity contribution is 0.362. The highest BCUT2D eigenvalue weighted by Crippen LogP contribution is 2.46. The Morgan fingerprint density at radius 1 is 0.183 bits per heavy atom. The standard InChI is InChI=1S/C34BF23O2/c36-10-1-3(16(42)24(50)22(48)14(1)40)12(38)7-5(10)18(44)26(52)31(57)33(7)59-35(9-20(46)28(54)30(56)29(55)21(9)47)60-34-8-6(19(45)27(53)32(34)58)11(37)2-4(13(8)39)17(43)25(51)23(49)15(2)41. The van der Waals surface area contributed by atoms with Gasteiger partial charge >= 0.3 is 7.12 Å². The van der Waals surface area contributed by atoms with E-state index in [0.717, 1.165) is 0 Å². The van der Waals surface area contributed by atoms with Crippen molar-refractivity contribution in [3.05, 3.63) is 134 Å². The van der Waals surface area contributed by atoms with Crippen molar-refractivity contribution in [2.45, 2.75) is 0 Å². The van der Waals surface area contributed by atoms with Crippen LogP contribution in [0.3, 0.4) is 0 Å². The number of benzene rings is 7. The lowest BCUT2D eigenvalue weighted by atomic mass is 9.76. The second-order valence-electron chi connectivity index (χ2n) is 11.9. The summed E-state index contributed by atoms with van der Waals surface area (Å²) in [7, 11) is -4.35. The number of halogens is 23. The van der Waals surface area contributed by atoms with Crippen molar-refractivity contribution in [1.29, 1.82) is 0 Å². The van der Waals surface area contributed by atoms with Gasteiger partial charge in [0.15, 0.2) is 110 Å². The van der Waals surface area contributed by atoms with E-state index in [9.17, 15) is 57.1 Å². The maximum absolute atomic E-state index is 16.0.